The van der Waals surface area contributed by atoms with Crippen LogP contribution in [0, 0.1) is 0 Å². The van der Waals surface area contributed by atoms with E-state index in [1.54, 1.807) is 18.2 Å². The fraction of sp³-hybridized carbons (Fsp3) is 0.647. The van der Waals surface area contributed by atoms with Gasteiger partial charge in [0, 0.05) is 18.2 Å². The first-order valence-corrected chi connectivity index (χ1v) is 8.01. The van der Waals surface area contributed by atoms with Gasteiger partial charge in [-0.05, 0) is 32.4 Å². The Bertz CT molecular complexity index is 403. The molecule has 2 nitrogen and oxygen atoms in total. The molecule has 0 aliphatic carbocycles. The van der Waals surface area contributed by atoms with E-state index in [-0.39, 0.29) is 12.1 Å². The van der Waals surface area contributed by atoms with Gasteiger partial charge in [0.15, 0.2) is 0 Å². The van der Waals surface area contributed by atoms with Gasteiger partial charge in [0.1, 0.15) is 0 Å². The molecule has 0 saturated carbocycles. The van der Waals surface area contributed by atoms with E-state index in [0.29, 0.717) is 6.04 Å². The highest BCUT2D eigenvalue weighted by Gasteiger charge is 2.34. The molecule has 1 unspecified atom stereocenters. The molecule has 0 bridgehead atoms. The summed E-state index contributed by atoms with van der Waals surface area (Å²) < 4.78 is 28.8. The molecule has 1 aromatic carbocycles. The molecule has 0 spiro atoms. The molecule has 0 radical (unpaired) electrons. The maximum atomic E-state index is 14.4. The lowest BCUT2D eigenvalue weighted by Gasteiger charge is -2.32. The monoisotopic (exact) mass is 296 g/mol. The molecule has 4 heteroatoms. The van der Waals surface area contributed by atoms with Crippen molar-refractivity contribution in [2.45, 2.75) is 44.6 Å². The minimum atomic E-state index is -2.79. The Labute approximate surface area is 126 Å². The summed E-state index contributed by atoms with van der Waals surface area (Å²) in [5.41, 5.74) is 0.114. The van der Waals surface area contributed by atoms with Crippen LogP contribution in [0.15, 0.2) is 30.3 Å². The number of nitrogens with zero attached hydrogens (tertiary/aromatic N) is 1. The third-order valence-corrected chi connectivity index (χ3v) is 4.05. The predicted molar refractivity (Wildman–Crippen MR) is 82.7 cm³/mol. The Balaban J connectivity index is 1.97. The molecule has 118 valence electrons. The number of benzene rings is 1. The Morgan fingerprint density at radius 3 is 2.62 bits per heavy atom. The number of rotatable bonds is 7. The van der Waals surface area contributed by atoms with Crippen LogP contribution in [-0.2, 0) is 5.92 Å². The number of piperidine rings is 1. The van der Waals surface area contributed by atoms with Crippen molar-refractivity contribution in [1.82, 2.24) is 10.2 Å². The molecular formula is C17H26F2N2. The van der Waals surface area contributed by atoms with Crippen molar-refractivity contribution in [2.24, 2.45) is 0 Å². The first-order valence-electron chi connectivity index (χ1n) is 8.01. The van der Waals surface area contributed by atoms with Crippen molar-refractivity contribution in [3.8, 4) is 0 Å². The van der Waals surface area contributed by atoms with E-state index in [0.717, 1.165) is 32.5 Å². The second kappa shape index (κ2) is 7.85. The summed E-state index contributed by atoms with van der Waals surface area (Å²) in [7, 11) is 0. The molecule has 1 atom stereocenters. The second-order valence-corrected chi connectivity index (χ2v) is 5.95. The Morgan fingerprint density at radius 1 is 1.24 bits per heavy atom. The summed E-state index contributed by atoms with van der Waals surface area (Å²) >= 11 is 0. The van der Waals surface area contributed by atoms with Gasteiger partial charge in [-0.1, -0.05) is 43.7 Å². The minimum absolute atomic E-state index is 0.114. The van der Waals surface area contributed by atoms with E-state index in [1.807, 2.05) is 11.8 Å². The summed E-state index contributed by atoms with van der Waals surface area (Å²) in [6.45, 7) is 4.31. The van der Waals surface area contributed by atoms with Gasteiger partial charge in [0.25, 0.3) is 5.92 Å². The first kappa shape index (κ1) is 16.4. The lowest BCUT2D eigenvalue weighted by molar-refractivity contribution is -0.0401. The van der Waals surface area contributed by atoms with E-state index in [1.165, 1.54) is 25.0 Å². The predicted octanol–water partition coefficient (Wildman–Crippen LogP) is 3.63. The number of hydrogen-bond donors (Lipinski definition) is 1. The Hall–Kier alpha value is -1.00. The van der Waals surface area contributed by atoms with Gasteiger partial charge in [-0.2, -0.15) is 8.78 Å². The van der Waals surface area contributed by atoms with Crippen molar-refractivity contribution in [2.75, 3.05) is 26.2 Å². The molecule has 1 fully saturated rings. The Morgan fingerprint density at radius 2 is 2.00 bits per heavy atom. The van der Waals surface area contributed by atoms with Crippen molar-refractivity contribution >= 4 is 0 Å². The van der Waals surface area contributed by atoms with Crippen LogP contribution in [0.1, 0.15) is 38.2 Å². The normalized spacial score (nSPS) is 19.9. The lowest BCUT2D eigenvalue weighted by Crippen LogP contribution is -2.46. The molecule has 1 aliphatic heterocycles. The van der Waals surface area contributed by atoms with Gasteiger partial charge in [0.05, 0.1) is 6.54 Å². The van der Waals surface area contributed by atoms with Gasteiger partial charge < -0.3 is 5.32 Å². The van der Waals surface area contributed by atoms with E-state index in [9.17, 15) is 8.78 Å². The average molecular weight is 296 g/mol. The van der Waals surface area contributed by atoms with Crippen LogP contribution >= 0.6 is 0 Å². The van der Waals surface area contributed by atoms with Crippen LogP contribution in [0.4, 0.5) is 8.78 Å². The zero-order chi connectivity index (χ0) is 15.1. The zero-order valence-electron chi connectivity index (χ0n) is 12.8. The van der Waals surface area contributed by atoms with Crippen molar-refractivity contribution < 1.29 is 8.78 Å². The van der Waals surface area contributed by atoms with Gasteiger partial charge in [-0.3, -0.25) is 4.90 Å². The number of halogens is 2. The van der Waals surface area contributed by atoms with Gasteiger partial charge in [0.2, 0.25) is 0 Å². The van der Waals surface area contributed by atoms with E-state index in [4.69, 9.17) is 0 Å². The molecule has 1 aromatic rings. The smallest absolute Gasteiger partial charge is 0.285 e. The topological polar surface area (TPSA) is 15.3 Å². The third-order valence-electron chi connectivity index (χ3n) is 4.05. The summed E-state index contributed by atoms with van der Waals surface area (Å²) in [5.74, 6) is -2.79. The highest BCUT2D eigenvalue weighted by Crippen LogP contribution is 2.29. The largest absolute Gasteiger partial charge is 0.313 e. The van der Waals surface area contributed by atoms with Gasteiger partial charge in [-0.15, -0.1) is 0 Å². The molecule has 0 aromatic heterocycles. The number of alkyl halides is 2. The van der Waals surface area contributed by atoms with Gasteiger partial charge >= 0.3 is 0 Å². The minimum Gasteiger partial charge on any atom is -0.313 e. The molecule has 2 rings (SSSR count). The van der Waals surface area contributed by atoms with Crippen LogP contribution in [0.2, 0.25) is 0 Å². The summed E-state index contributed by atoms with van der Waals surface area (Å²) in [6, 6.07) is 8.52. The van der Waals surface area contributed by atoms with E-state index >= 15 is 0 Å². The van der Waals surface area contributed by atoms with Crippen LogP contribution < -0.4 is 5.32 Å². The molecule has 1 saturated heterocycles. The molecule has 0 amide bonds. The maximum Gasteiger partial charge on any atom is 0.285 e. The second-order valence-electron chi connectivity index (χ2n) is 5.95. The van der Waals surface area contributed by atoms with Crippen LogP contribution in [0.25, 0.3) is 0 Å². The SMILES string of the molecule is CCCN(CC1CCCCN1)CC(F)(F)c1ccccc1. The molecule has 1 aliphatic rings. The van der Waals surface area contributed by atoms with Crippen LogP contribution in [0.5, 0.6) is 0 Å². The van der Waals surface area contributed by atoms with Crippen molar-refractivity contribution in [3.05, 3.63) is 35.9 Å². The summed E-state index contributed by atoms with van der Waals surface area (Å²) in [4.78, 5) is 1.91. The number of nitrogens with one attached hydrogen (secondary N) is 1. The summed E-state index contributed by atoms with van der Waals surface area (Å²) in [5, 5.41) is 3.45. The lowest BCUT2D eigenvalue weighted by atomic mass is 10.0. The Kier molecular flexibility index (Phi) is 6.12. The quantitative estimate of drug-likeness (QED) is 0.826. The average Bonchev–Trinajstić information content (AvgIpc) is 2.49. The highest BCUT2D eigenvalue weighted by molar-refractivity contribution is 5.20. The fourth-order valence-corrected chi connectivity index (χ4v) is 3.00. The van der Waals surface area contributed by atoms with E-state index in [2.05, 4.69) is 5.32 Å². The molecular weight excluding hydrogens is 270 g/mol. The van der Waals surface area contributed by atoms with Crippen LogP contribution in [-0.4, -0.2) is 37.1 Å². The van der Waals surface area contributed by atoms with E-state index < -0.39 is 5.92 Å². The van der Waals surface area contributed by atoms with Gasteiger partial charge in [-0.25, -0.2) is 0 Å². The summed E-state index contributed by atoms with van der Waals surface area (Å²) in [6.07, 6.45) is 4.39. The molecule has 21 heavy (non-hydrogen) atoms. The molecule has 1 heterocycles. The third kappa shape index (κ3) is 5.04. The fourth-order valence-electron chi connectivity index (χ4n) is 3.00. The standard InChI is InChI=1S/C17H26F2N2/c1-2-12-21(13-16-10-6-7-11-20-16)14-17(18,19)15-8-4-3-5-9-15/h3-5,8-9,16,20H,2,6-7,10-14H2,1H3. The first-order chi connectivity index (χ1) is 10.1. The zero-order valence-corrected chi connectivity index (χ0v) is 12.8. The maximum absolute atomic E-state index is 14.4. The van der Waals surface area contributed by atoms with Crippen molar-refractivity contribution in [1.29, 1.82) is 0 Å². The number of hydrogen-bond acceptors (Lipinski definition) is 2. The highest BCUT2D eigenvalue weighted by atomic mass is 19.3. The van der Waals surface area contributed by atoms with Crippen LogP contribution in [0.3, 0.4) is 0 Å². The van der Waals surface area contributed by atoms with Crippen molar-refractivity contribution in [3.63, 3.8) is 0 Å². The molecule has 1 N–H and O–H groups in total.